The quantitative estimate of drug-likeness (QED) is 0.901. The van der Waals surface area contributed by atoms with Crippen LogP contribution >= 0.6 is 0 Å². The summed E-state index contributed by atoms with van der Waals surface area (Å²) in [6.07, 6.45) is 3.83. The van der Waals surface area contributed by atoms with E-state index in [4.69, 9.17) is 0 Å². The lowest BCUT2D eigenvalue weighted by Gasteiger charge is -2.43. The number of benzene rings is 2. The third-order valence-electron chi connectivity index (χ3n) is 5.16. The molecule has 2 heteroatoms. The van der Waals surface area contributed by atoms with Gasteiger partial charge in [-0.1, -0.05) is 42.5 Å². The molecule has 0 aromatic heterocycles. The van der Waals surface area contributed by atoms with Crippen LogP contribution in [0.15, 0.2) is 42.5 Å². The fourth-order valence-electron chi connectivity index (χ4n) is 3.69. The second-order valence-electron chi connectivity index (χ2n) is 6.87. The molecule has 0 amide bonds. The maximum atomic E-state index is 10.3. The Bertz CT molecular complexity index is 622. The van der Waals surface area contributed by atoms with E-state index < -0.39 is 5.60 Å². The van der Waals surface area contributed by atoms with Crippen molar-refractivity contribution in [1.29, 1.82) is 0 Å². The van der Waals surface area contributed by atoms with Crippen LogP contribution in [0.25, 0.3) is 10.8 Å². The summed E-state index contributed by atoms with van der Waals surface area (Å²) in [5.41, 5.74) is 1.07. The summed E-state index contributed by atoms with van der Waals surface area (Å²) in [5, 5.41) is 16.2. The van der Waals surface area contributed by atoms with Crippen molar-refractivity contribution in [1.82, 2.24) is 5.32 Å². The highest BCUT2D eigenvalue weighted by molar-refractivity contribution is 5.83. The molecule has 0 radical (unpaired) electrons. The zero-order valence-corrected chi connectivity index (χ0v) is 13.0. The molecule has 2 N–H and O–H groups in total. The first-order valence-electron chi connectivity index (χ1n) is 7.91. The molecule has 1 fully saturated rings. The van der Waals surface area contributed by atoms with Crippen LogP contribution in [-0.2, 0) is 5.41 Å². The van der Waals surface area contributed by atoms with E-state index in [9.17, 15) is 5.11 Å². The summed E-state index contributed by atoms with van der Waals surface area (Å²) in [4.78, 5) is 0. The summed E-state index contributed by atoms with van der Waals surface area (Å²) in [6, 6.07) is 15.4. The van der Waals surface area contributed by atoms with E-state index in [0.717, 1.165) is 32.2 Å². The number of fused-ring (bicyclic) bond motifs is 1. The Hall–Kier alpha value is -1.38. The number of aliphatic hydroxyl groups is 1. The first kappa shape index (κ1) is 14.6. The topological polar surface area (TPSA) is 32.3 Å². The lowest BCUT2D eigenvalue weighted by molar-refractivity contribution is 0.000342. The van der Waals surface area contributed by atoms with Gasteiger partial charge in [-0.2, -0.15) is 0 Å². The SMILES string of the molecule is CNCC1(c2ccc3ccccc3c2)CCC(C)(O)CC1. The minimum Gasteiger partial charge on any atom is -0.390 e. The molecular weight excluding hydrogens is 258 g/mol. The van der Waals surface area contributed by atoms with Gasteiger partial charge in [0.05, 0.1) is 5.60 Å². The second kappa shape index (κ2) is 5.43. The molecule has 2 aromatic carbocycles. The van der Waals surface area contributed by atoms with Crippen LogP contribution in [-0.4, -0.2) is 24.3 Å². The maximum absolute atomic E-state index is 10.3. The average molecular weight is 283 g/mol. The molecule has 0 heterocycles. The zero-order valence-electron chi connectivity index (χ0n) is 13.0. The molecule has 0 unspecified atom stereocenters. The molecule has 1 aliphatic carbocycles. The van der Waals surface area contributed by atoms with Gasteiger partial charge in [0.15, 0.2) is 0 Å². The van der Waals surface area contributed by atoms with Crippen molar-refractivity contribution < 1.29 is 5.11 Å². The molecule has 112 valence electrons. The molecule has 0 saturated heterocycles. The highest BCUT2D eigenvalue weighted by atomic mass is 16.3. The summed E-state index contributed by atoms with van der Waals surface area (Å²) in [7, 11) is 2.02. The van der Waals surface area contributed by atoms with E-state index in [0.29, 0.717) is 0 Å². The van der Waals surface area contributed by atoms with Crippen molar-refractivity contribution in [3.8, 4) is 0 Å². The Balaban J connectivity index is 1.99. The van der Waals surface area contributed by atoms with Crippen LogP contribution in [0.3, 0.4) is 0 Å². The third kappa shape index (κ3) is 2.83. The first-order valence-corrected chi connectivity index (χ1v) is 7.91. The molecular formula is C19H25NO. The molecule has 0 atom stereocenters. The normalized spacial score (nSPS) is 29.7. The van der Waals surface area contributed by atoms with Crippen molar-refractivity contribution in [2.75, 3.05) is 13.6 Å². The Kier molecular flexibility index (Phi) is 3.76. The predicted octanol–water partition coefficient (Wildman–Crippen LogP) is 3.62. The molecule has 0 aliphatic heterocycles. The zero-order chi connectivity index (χ0) is 14.9. The standard InChI is InChI=1S/C19H25NO/c1-18(21)9-11-19(12-10-18,14-20-2)17-8-7-15-5-3-4-6-16(15)13-17/h3-8,13,20-21H,9-12,14H2,1-2H3. The Morgan fingerprint density at radius 3 is 2.33 bits per heavy atom. The summed E-state index contributed by atoms with van der Waals surface area (Å²) >= 11 is 0. The van der Waals surface area contributed by atoms with Crippen molar-refractivity contribution in [3.05, 3.63) is 48.0 Å². The van der Waals surface area contributed by atoms with Crippen LogP contribution in [0.4, 0.5) is 0 Å². The van der Waals surface area contributed by atoms with E-state index in [1.165, 1.54) is 16.3 Å². The van der Waals surface area contributed by atoms with Gasteiger partial charge in [-0.15, -0.1) is 0 Å². The number of nitrogens with one attached hydrogen (secondary N) is 1. The van der Waals surface area contributed by atoms with Crippen LogP contribution in [0.5, 0.6) is 0 Å². The van der Waals surface area contributed by atoms with Crippen LogP contribution in [0, 0.1) is 0 Å². The number of likely N-dealkylation sites (N-methyl/N-ethyl adjacent to an activating group) is 1. The molecule has 2 aromatic rings. The lowest BCUT2D eigenvalue weighted by atomic mass is 9.65. The van der Waals surface area contributed by atoms with Gasteiger partial charge < -0.3 is 10.4 Å². The van der Waals surface area contributed by atoms with Gasteiger partial charge in [0.25, 0.3) is 0 Å². The van der Waals surface area contributed by atoms with Gasteiger partial charge in [0.2, 0.25) is 0 Å². The number of rotatable bonds is 3. The van der Waals surface area contributed by atoms with E-state index >= 15 is 0 Å². The predicted molar refractivity (Wildman–Crippen MR) is 88.6 cm³/mol. The van der Waals surface area contributed by atoms with Crippen molar-refractivity contribution in [2.45, 2.75) is 43.6 Å². The smallest absolute Gasteiger partial charge is 0.0620 e. The van der Waals surface area contributed by atoms with Crippen molar-refractivity contribution in [2.24, 2.45) is 0 Å². The molecule has 0 spiro atoms. The van der Waals surface area contributed by atoms with Crippen molar-refractivity contribution >= 4 is 10.8 Å². The first-order chi connectivity index (χ1) is 10.0. The van der Waals surface area contributed by atoms with Crippen LogP contribution in [0.2, 0.25) is 0 Å². The maximum Gasteiger partial charge on any atom is 0.0620 e. The highest BCUT2D eigenvalue weighted by Crippen LogP contribution is 2.43. The Labute approximate surface area is 127 Å². The van der Waals surface area contributed by atoms with Gasteiger partial charge in [0.1, 0.15) is 0 Å². The summed E-state index contributed by atoms with van der Waals surface area (Å²) in [6.45, 7) is 2.94. The monoisotopic (exact) mass is 283 g/mol. The minimum absolute atomic E-state index is 0.154. The fraction of sp³-hybridized carbons (Fsp3) is 0.474. The number of hydrogen-bond acceptors (Lipinski definition) is 2. The summed E-state index contributed by atoms with van der Waals surface area (Å²) in [5.74, 6) is 0. The van der Waals surface area contributed by atoms with Gasteiger partial charge in [-0.05, 0) is 56.0 Å². The van der Waals surface area contributed by atoms with E-state index in [2.05, 4.69) is 47.8 Å². The molecule has 1 saturated carbocycles. The Morgan fingerprint density at radius 1 is 1.00 bits per heavy atom. The van der Waals surface area contributed by atoms with E-state index in [1.807, 2.05) is 14.0 Å². The molecule has 0 bridgehead atoms. The second-order valence-corrected chi connectivity index (χ2v) is 6.87. The van der Waals surface area contributed by atoms with Gasteiger partial charge in [-0.3, -0.25) is 0 Å². The van der Waals surface area contributed by atoms with Gasteiger partial charge in [0, 0.05) is 12.0 Å². The Morgan fingerprint density at radius 2 is 1.67 bits per heavy atom. The molecule has 3 rings (SSSR count). The van der Waals surface area contributed by atoms with E-state index in [-0.39, 0.29) is 5.41 Å². The third-order valence-corrected chi connectivity index (χ3v) is 5.16. The van der Waals surface area contributed by atoms with Gasteiger partial charge in [-0.25, -0.2) is 0 Å². The molecule has 2 nitrogen and oxygen atoms in total. The highest BCUT2D eigenvalue weighted by Gasteiger charge is 2.40. The summed E-state index contributed by atoms with van der Waals surface area (Å²) < 4.78 is 0. The average Bonchev–Trinajstić information content (AvgIpc) is 2.49. The van der Waals surface area contributed by atoms with Crippen LogP contribution < -0.4 is 5.32 Å². The lowest BCUT2D eigenvalue weighted by Crippen LogP contribution is -2.44. The number of hydrogen-bond donors (Lipinski definition) is 2. The van der Waals surface area contributed by atoms with E-state index in [1.54, 1.807) is 0 Å². The molecule has 1 aliphatic rings. The molecule has 21 heavy (non-hydrogen) atoms. The largest absolute Gasteiger partial charge is 0.390 e. The van der Waals surface area contributed by atoms with Crippen molar-refractivity contribution in [3.63, 3.8) is 0 Å². The van der Waals surface area contributed by atoms with Crippen LogP contribution in [0.1, 0.15) is 38.2 Å². The fourth-order valence-corrected chi connectivity index (χ4v) is 3.69. The van der Waals surface area contributed by atoms with Gasteiger partial charge >= 0.3 is 0 Å². The minimum atomic E-state index is -0.492.